The average Bonchev–Trinajstić information content (AvgIpc) is 3.14. The lowest BCUT2D eigenvalue weighted by atomic mass is 10.0. The van der Waals surface area contributed by atoms with Gasteiger partial charge < -0.3 is 4.57 Å². The molecular weight excluding hydrogens is 395 g/mol. The maximum absolute atomic E-state index is 13.2. The number of halogens is 1. The summed E-state index contributed by atoms with van der Waals surface area (Å²) in [5.41, 5.74) is 4.02. The lowest BCUT2D eigenvalue weighted by molar-refractivity contribution is 0.628. The Labute approximate surface area is 177 Å². The second kappa shape index (κ2) is 7.72. The maximum Gasteiger partial charge on any atom is 0.197 e. The number of para-hydroxylation sites is 1. The quantitative estimate of drug-likeness (QED) is 0.364. The highest BCUT2D eigenvalue weighted by Gasteiger charge is 2.15. The molecule has 0 fully saturated rings. The molecule has 146 valence electrons. The number of benzene rings is 3. The van der Waals surface area contributed by atoms with Gasteiger partial charge in [-0.25, -0.2) is 9.37 Å². The fraction of sp³-hybridized carbons (Fsp3) is 0.0417. The van der Waals surface area contributed by atoms with Gasteiger partial charge in [-0.15, -0.1) is 10.2 Å². The standard InChI is InChI=1S/C24H17FN4S/c1-29-23(17-11-13-18(25)14-12-17)27-28-24(29)30-22-15-20(16-7-3-2-4-8-16)19-9-5-6-10-21(19)26-22/h2-15H,1H3. The van der Waals surface area contributed by atoms with Crippen molar-refractivity contribution in [1.82, 2.24) is 19.7 Å². The van der Waals surface area contributed by atoms with Crippen LogP contribution >= 0.6 is 11.8 Å². The molecule has 2 heterocycles. The number of aromatic nitrogens is 4. The molecule has 0 spiro atoms. The molecule has 0 unspecified atom stereocenters. The van der Waals surface area contributed by atoms with Crippen molar-refractivity contribution in [3.8, 4) is 22.5 Å². The molecule has 0 amide bonds. The molecule has 0 saturated carbocycles. The number of rotatable bonds is 4. The molecule has 0 aliphatic carbocycles. The van der Waals surface area contributed by atoms with E-state index in [9.17, 15) is 4.39 Å². The van der Waals surface area contributed by atoms with Crippen LogP contribution in [0.4, 0.5) is 4.39 Å². The molecule has 0 saturated heterocycles. The highest BCUT2D eigenvalue weighted by Crippen LogP contribution is 2.34. The molecule has 6 heteroatoms. The van der Waals surface area contributed by atoms with Crippen molar-refractivity contribution >= 4 is 22.7 Å². The Hall–Kier alpha value is -3.51. The van der Waals surface area contributed by atoms with Crippen LogP contribution in [-0.2, 0) is 7.05 Å². The number of hydrogen-bond donors (Lipinski definition) is 0. The van der Waals surface area contributed by atoms with Crippen LogP contribution in [0.1, 0.15) is 0 Å². The Bertz CT molecular complexity index is 1330. The summed E-state index contributed by atoms with van der Waals surface area (Å²) < 4.78 is 15.1. The monoisotopic (exact) mass is 412 g/mol. The van der Waals surface area contributed by atoms with Gasteiger partial charge in [-0.2, -0.15) is 0 Å². The first-order chi connectivity index (χ1) is 14.7. The van der Waals surface area contributed by atoms with Gasteiger partial charge in [0.15, 0.2) is 11.0 Å². The summed E-state index contributed by atoms with van der Waals surface area (Å²) >= 11 is 1.46. The predicted molar refractivity (Wildman–Crippen MR) is 118 cm³/mol. The van der Waals surface area contributed by atoms with E-state index in [4.69, 9.17) is 4.98 Å². The zero-order valence-electron chi connectivity index (χ0n) is 16.2. The number of pyridine rings is 1. The van der Waals surface area contributed by atoms with Crippen LogP contribution in [0.15, 0.2) is 95.1 Å². The van der Waals surface area contributed by atoms with E-state index in [2.05, 4.69) is 34.5 Å². The van der Waals surface area contributed by atoms with Crippen molar-refractivity contribution in [3.05, 3.63) is 90.7 Å². The molecule has 0 N–H and O–H groups in total. The Balaban J connectivity index is 1.56. The van der Waals surface area contributed by atoms with E-state index in [-0.39, 0.29) is 5.82 Å². The summed E-state index contributed by atoms with van der Waals surface area (Å²) in [6.07, 6.45) is 0. The number of hydrogen-bond acceptors (Lipinski definition) is 4. The summed E-state index contributed by atoms with van der Waals surface area (Å²) in [4.78, 5) is 4.82. The van der Waals surface area contributed by atoms with Gasteiger partial charge in [0.25, 0.3) is 0 Å². The van der Waals surface area contributed by atoms with E-state index in [1.165, 1.54) is 23.9 Å². The smallest absolute Gasteiger partial charge is 0.197 e. The molecule has 30 heavy (non-hydrogen) atoms. The average molecular weight is 412 g/mol. The normalized spacial score (nSPS) is 11.1. The summed E-state index contributed by atoms with van der Waals surface area (Å²) in [6.45, 7) is 0. The molecule has 0 atom stereocenters. The van der Waals surface area contributed by atoms with Gasteiger partial charge in [-0.3, -0.25) is 0 Å². The number of nitrogens with zero attached hydrogens (tertiary/aromatic N) is 4. The highest BCUT2D eigenvalue weighted by molar-refractivity contribution is 7.99. The summed E-state index contributed by atoms with van der Waals surface area (Å²) in [5, 5.41) is 11.3. The SMILES string of the molecule is Cn1c(Sc2cc(-c3ccccc3)c3ccccc3n2)nnc1-c1ccc(F)cc1. The van der Waals surface area contributed by atoms with Crippen LogP contribution < -0.4 is 0 Å². The third kappa shape index (κ3) is 3.46. The second-order valence-corrected chi connectivity index (χ2v) is 7.85. The topological polar surface area (TPSA) is 43.6 Å². The molecule has 5 rings (SSSR count). The van der Waals surface area contributed by atoms with Crippen molar-refractivity contribution < 1.29 is 4.39 Å². The lowest BCUT2D eigenvalue weighted by Gasteiger charge is -2.10. The molecule has 5 aromatic rings. The molecule has 0 aliphatic heterocycles. The first-order valence-corrected chi connectivity index (χ1v) is 10.3. The van der Waals surface area contributed by atoms with Crippen molar-refractivity contribution in [3.63, 3.8) is 0 Å². The Morgan fingerprint density at radius 2 is 1.53 bits per heavy atom. The van der Waals surface area contributed by atoms with E-state index in [1.54, 1.807) is 12.1 Å². The largest absolute Gasteiger partial charge is 0.305 e. The van der Waals surface area contributed by atoms with E-state index in [1.807, 2.05) is 48.0 Å². The third-order valence-electron chi connectivity index (χ3n) is 4.91. The maximum atomic E-state index is 13.2. The summed E-state index contributed by atoms with van der Waals surface area (Å²) in [6, 6.07) is 26.8. The predicted octanol–water partition coefficient (Wildman–Crippen LogP) is 5.99. The minimum Gasteiger partial charge on any atom is -0.305 e. The molecule has 0 bridgehead atoms. The van der Waals surface area contributed by atoms with Crippen LogP contribution in [0.2, 0.25) is 0 Å². The van der Waals surface area contributed by atoms with Gasteiger partial charge >= 0.3 is 0 Å². The molecule has 0 radical (unpaired) electrons. The first-order valence-electron chi connectivity index (χ1n) is 9.47. The minimum absolute atomic E-state index is 0.274. The van der Waals surface area contributed by atoms with Crippen LogP contribution in [0.25, 0.3) is 33.4 Å². The van der Waals surface area contributed by atoms with E-state index < -0.39 is 0 Å². The van der Waals surface area contributed by atoms with Gasteiger partial charge in [-0.1, -0.05) is 48.5 Å². The Morgan fingerprint density at radius 1 is 0.800 bits per heavy atom. The van der Waals surface area contributed by atoms with Crippen LogP contribution in [-0.4, -0.2) is 19.7 Å². The van der Waals surface area contributed by atoms with E-state index in [0.29, 0.717) is 5.82 Å². The van der Waals surface area contributed by atoms with Crippen LogP contribution in [0.3, 0.4) is 0 Å². The molecule has 0 aliphatic rings. The number of fused-ring (bicyclic) bond motifs is 1. The van der Waals surface area contributed by atoms with Crippen molar-refractivity contribution in [2.75, 3.05) is 0 Å². The van der Waals surface area contributed by atoms with Crippen LogP contribution in [0, 0.1) is 5.82 Å². The summed E-state index contributed by atoms with van der Waals surface area (Å²) in [7, 11) is 1.90. The van der Waals surface area contributed by atoms with Gasteiger partial charge in [0.1, 0.15) is 10.8 Å². The fourth-order valence-electron chi connectivity index (χ4n) is 3.41. The zero-order valence-corrected chi connectivity index (χ0v) is 17.0. The second-order valence-electron chi connectivity index (χ2n) is 6.87. The van der Waals surface area contributed by atoms with Gasteiger partial charge in [-0.05, 0) is 59.3 Å². The third-order valence-corrected chi connectivity index (χ3v) is 5.87. The molecular formula is C24H17FN4S. The van der Waals surface area contributed by atoms with Gasteiger partial charge in [0, 0.05) is 18.0 Å². The Kier molecular flexibility index (Phi) is 4.77. The summed E-state index contributed by atoms with van der Waals surface area (Å²) in [5.74, 6) is 0.408. The lowest BCUT2D eigenvalue weighted by Crippen LogP contribution is -1.95. The molecule has 3 aromatic carbocycles. The van der Waals surface area contributed by atoms with Gasteiger partial charge in [0.2, 0.25) is 0 Å². The minimum atomic E-state index is -0.274. The van der Waals surface area contributed by atoms with Crippen molar-refractivity contribution in [2.24, 2.45) is 7.05 Å². The molecule has 2 aromatic heterocycles. The van der Waals surface area contributed by atoms with E-state index >= 15 is 0 Å². The molecule has 4 nitrogen and oxygen atoms in total. The highest BCUT2D eigenvalue weighted by atomic mass is 32.2. The Morgan fingerprint density at radius 3 is 2.33 bits per heavy atom. The fourth-order valence-corrected chi connectivity index (χ4v) is 4.22. The van der Waals surface area contributed by atoms with Crippen molar-refractivity contribution in [1.29, 1.82) is 0 Å². The van der Waals surface area contributed by atoms with E-state index in [0.717, 1.165) is 37.8 Å². The van der Waals surface area contributed by atoms with Crippen molar-refractivity contribution in [2.45, 2.75) is 10.2 Å². The van der Waals surface area contributed by atoms with Crippen LogP contribution in [0.5, 0.6) is 0 Å². The van der Waals surface area contributed by atoms with Gasteiger partial charge in [0.05, 0.1) is 5.52 Å². The first kappa shape index (κ1) is 18.5. The zero-order chi connectivity index (χ0) is 20.5.